The molecule has 1 N–H and O–H groups in total. The van der Waals surface area contributed by atoms with Crippen LogP contribution >= 0.6 is 34.0 Å². The monoisotopic (exact) mass is 931 g/mol. The number of aliphatic hydroxyl groups is 1. The molecular formula is C45H56IrNO2S3-. The van der Waals surface area contributed by atoms with Gasteiger partial charge in [-0.3, -0.25) is 9.78 Å². The summed E-state index contributed by atoms with van der Waals surface area (Å²) in [6, 6.07) is 15.3. The summed E-state index contributed by atoms with van der Waals surface area (Å²) in [6.07, 6.45) is 7.85. The van der Waals surface area contributed by atoms with Crippen LogP contribution in [0.25, 0.3) is 51.6 Å². The van der Waals surface area contributed by atoms with Crippen LogP contribution in [-0.4, -0.2) is 15.9 Å². The summed E-state index contributed by atoms with van der Waals surface area (Å²) in [4.78, 5) is 18.6. The molecule has 0 unspecified atom stereocenters. The van der Waals surface area contributed by atoms with Crippen molar-refractivity contribution in [3.63, 3.8) is 0 Å². The number of hydrogen-bond donors (Lipinski definition) is 1. The van der Waals surface area contributed by atoms with Gasteiger partial charge >= 0.3 is 0 Å². The fourth-order valence-corrected chi connectivity index (χ4v) is 10.1. The second kappa shape index (κ2) is 16.5. The molecule has 7 heteroatoms. The first kappa shape index (κ1) is 42.3. The molecule has 0 spiro atoms. The molecule has 0 atom stereocenters. The second-order valence-electron chi connectivity index (χ2n) is 16.2. The number of aromatic nitrogens is 1. The molecule has 1 radical (unpaired) electrons. The first-order valence-corrected chi connectivity index (χ1v) is 21.1. The Morgan fingerprint density at radius 1 is 0.885 bits per heavy atom. The third-order valence-corrected chi connectivity index (χ3v) is 14.4. The molecule has 3 nitrogen and oxygen atoms in total. The smallest absolute Gasteiger partial charge is 0.164 e. The number of hydrogen-bond acceptors (Lipinski definition) is 6. The van der Waals surface area contributed by atoms with Crippen LogP contribution in [0, 0.1) is 29.7 Å². The van der Waals surface area contributed by atoms with Crippen molar-refractivity contribution in [1.82, 2.24) is 4.98 Å². The largest absolute Gasteiger partial charge is 0.512 e. The molecule has 0 aliphatic heterocycles. The van der Waals surface area contributed by atoms with Crippen molar-refractivity contribution in [3.8, 4) is 11.3 Å². The Morgan fingerprint density at radius 2 is 1.52 bits per heavy atom. The van der Waals surface area contributed by atoms with Gasteiger partial charge in [0.1, 0.15) is 5.76 Å². The standard InChI is InChI=1S/C30H28NS3.C15H28O2.Ir/c1-16(2)11-20-17(3)33-25-15-26-22(14-21(20)25)27-24(34-26)7-9-31-28(27)19-12-18-8-10-32-29(18)23(13-19)30(4,5)6;1-7-14(5,8-2)12(16)11-13(17)15(6,9-3)10-4;/h7-10,13-16H,11H2,1-6H3;11,16H,7-10H2,1-6H3;/q-1;;/b;12-11-;. The van der Waals surface area contributed by atoms with Crippen LogP contribution in [0.1, 0.15) is 118 Å². The van der Waals surface area contributed by atoms with Crippen molar-refractivity contribution in [3.05, 3.63) is 75.8 Å². The number of ketones is 1. The number of carbonyl (C=O) groups is 1. The summed E-state index contributed by atoms with van der Waals surface area (Å²) in [5.74, 6) is 0.931. The van der Waals surface area contributed by atoms with E-state index in [4.69, 9.17) is 4.98 Å². The Kier molecular flexibility index (Phi) is 13.5. The first-order valence-electron chi connectivity index (χ1n) is 18.6. The van der Waals surface area contributed by atoms with Crippen LogP contribution in [0.4, 0.5) is 0 Å². The zero-order valence-corrected chi connectivity index (χ0v) is 37.9. The molecule has 4 aromatic heterocycles. The van der Waals surface area contributed by atoms with E-state index in [1.54, 1.807) is 0 Å². The van der Waals surface area contributed by atoms with Gasteiger partial charge in [0, 0.05) is 67.9 Å². The molecule has 0 fully saturated rings. The minimum Gasteiger partial charge on any atom is -0.512 e. The number of nitrogens with zero attached hydrogens (tertiary/aromatic N) is 1. The van der Waals surface area contributed by atoms with Gasteiger partial charge in [-0.05, 0) is 100 Å². The third kappa shape index (κ3) is 8.30. The van der Waals surface area contributed by atoms with E-state index in [1.807, 2.05) is 81.7 Å². The number of allylic oxidation sites excluding steroid dienone is 2. The fraction of sp³-hybridized carbons (Fsp3) is 0.467. The molecule has 0 bridgehead atoms. The zero-order valence-electron chi connectivity index (χ0n) is 33.1. The van der Waals surface area contributed by atoms with E-state index in [1.165, 1.54) is 62.4 Å². The zero-order chi connectivity index (χ0) is 37.5. The second-order valence-corrected chi connectivity index (χ2v) is 19.4. The minimum absolute atomic E-state index is 0. The van der Waals surface area contributed by atoms with E-state index in [-0.39, 0.29) is 47.9 Å². The van der Waals surface area contributed by atoms with E-state index in [0.29, 0.717) is 5.92 Å². The molecule has 0 aliphatic carbocycles. The van der Waals surface area contributed by atoms with Crippen LogP contribution in [-0.2, 0) is 36.7 Å². The van der Waals surface area contributed by atoms with Gasteiger partial charge in [-0.25, -0.2) is 0 Å². The average molecular weight is 931 g/mol. The summed E-state index contributed by atoms with van der Waals surface area (Å²) in [7, 11) is 0. The van der Waals surface area contributed by atoms with Crippen molar-refractivity contribution in [1.29, 1.82) is 0 Å². The van der Waals surface area contributed by atoms with Gasteiger partial charge in [-0.1, -0.05) is 87.3 Å². The summed E-state index contributed by atoms with van der Waals surface area (Å²) in [5.41, 5.74) is 4.50. The molecule has 4 heterocycles. The molecule has 6 rings (SSSR count). The Morgan fingerprint density at radius 3 is 2.12 bits per heavy atom. The molecule has 0 saturated carbocycles. The van der Waals surface area contributed by atoms with E-state index in [9.17, 15) is 9.90 Å². The van der Waals surface area contributed by atoms with Crippen molar-refractivity contribution in [2.75, 3.05) is 0 Å². The van der Waals surface area contributed by atoms with Crippen molar-refractivity contribution < 1.29 is 30.0 Å². The van der Waals surface area contributed by atoms with Crippen molar-refractivity contribution in [2.45, 2.75) is 121 Å². The maximum atomic E-state index is 12.2. The van der Waals surface area contributed by atoms with Gasteiger partial charge in [0.05, 0.1) is 0 Å². The maximum Gasteiger partial charge on any atom is 0.164 e. The normalized spacial score (nSPS) is 12.9. The van der Waals surface area contributed by atoms with E-state index < -0.39 is 0 Å². The molecule has 0 saturated heterocycles. The molecule has 2 aromatic carbocycles. The molecular weight excluding hydrogens is 875 g/mol. The molecule has 0 aliphatic rings. The summed E-state index contributed by atoms with van der Waals surface area (Å²) >= 11 is 5.64. The topological polar surface area (TPSA) is 50.2 Å². The number of thiophene rings is 3. The predicted molar refractivity (Wildman–Crippen MR) is 227 cm³/mol. The third-order valence-electron chi connectivity index (χ3n) is 11.2. The van der Waals surface area contributed by atoms with Gasteiger partial charge in [0.25, 0.3) is 0 Å². The van der Waals surface area contributed by atoms with Gasteiger partial charge < -0.3 is 5.11 Å². The van der Waals surface area contributed by atoms with Crippen LogP contribution in [0.3, 0.4) is 0 Å². The predicted octanol–water partition coefficient (Wildman–Crippen LogP) is 14.8. The maximum absolute atomic E-state index is 12.2. The minimum atomic E-state index is -0.337. The van der Waals surface area contributed by atoms with Crippen LogP contribution in [0.5, 0.6) is 0 Å². The summed E-state index contributed by atoms with van der Waals surface area (Å²) in [6.45, 7) is 25.9. The number of carbonyl (C=O) groups excluding carboxylic acids is 1. The van der Waals surface area contributed by atoms with E-state index in [0.717, 1.165) is 43.4 Å². The summed E-state index contributed by atoms with van der Waals surface area (Å²) in [5, 5.41) is 17.5. The number of rotatable bonds is 10. The van der Waals surface area contributed by atoms with E-state index in [2.05, 4.69) is 83.3 Å². The molecule has 281 valence electrons. The number of pyridine rings is 1. The van der Waals surface area contributed by atoms with Gasteiger partial charge in [0.2, 0.25) is 0 Å². The quantitative estimate of drug-likeness (QED) is 0.0846. The summed E-state index contributed by atoms with van der Waals surface area (Å²) < 4.78 is 5.40. The Balaban J connectivity index is 0.000000289. The van der Waals surface area contributed by atoms with Crippen LogP contribution in [0.2, 0.25) is 0 Å². The van der Waals surface area contributed by atoms with Crippen molar-refractivity contribution >= 4 is 80.1 Å². The number of aliphatic hydroxyl groups excluding tert-OH is 1. The van der Waals surface area contributed by atoms with Gasteiger partial charge in [-0.15, -0.1) is 46.3 Å². The molecule has 6 aromatic rings. The first-order chi connectivity index (χ1) is 24.0. The Labute approximate surface area is 337 Å². The number of benzene rings is 2. The van der Waals surface area contributed by atoms with E-state index >= 15 is 0 Å². The van der Waals surface area contributed by atoms with Gasteiger partial charge in [0.15, 0.2) is 5.78 Å². The Hall–Kier alpha value is -2.41. The van der Waals surface area contributed by atoms with Gasteiger partial charge in [-0.2, -0.15) is 11.3 Å². The van der Waals surface area contributed by atoms with Crippen LogP contribution in [0.15, 0.2) is 53.7 Å². The Bertz CT molecular complexity index is 2220. The number of aryl methyl sites for hydroxylation is 1. The SMILES string of the molecule is CCC(C)(CC)C(=O)/C=C(\O)C(C)(CC)CC.Cc1sc2cc3sc4ccnc(-c5[c-]c6ccsc6c(C(C)(C)C)c5)c4c3cc2c1CC(C)C.[Ir]. The fourth-order valence-electron chi connectivity index (χ4n) is 6.73. The molecule has 52 heavy (non-hydrogen) atoms. The molecule has 0 amide bonds. The number of fused-ring (bicyclic) bond motifs is 5. The average Bonchev–Trinajstić information content (AvgIpc) is 3.80. The van der Waals surface area contributed by atoms with Crippen molar-refractivity contribution in [2.24, 2.45) is 16.7 Å². The van der Waals surface area contributed by atoms with Crippen LogP contribution < -0.4 is 0 Å².